The Morgan fingerprint density at radius 1 is 0.968 bits per heavy atom. The van der Waals surface area contributed by atoms with Gasteiger partial charge in [0.2, 0.25) is 0 Å². The summed E-state index contributed by atoms with van der Waals surface area (Å²) in [6, 6.07) is 20.0. The second-order valence-corrected chi connectivity index (χ2v) is 7.32. The van der Waals surface area contributed by atoms with E-state index in [1.165, 1.54) is 10.5 Å². The van der Waals surface area contributed by atoms with Crippen molar-refractivity contribution in [1.29, 1.82) is 0 Å². The van der Waals surface area contributed by atoms with Crippen LogP contribution in [-0.4, -0.2) is 15.4 Å². The van der Waals surface area contributed by atoms with Gasteiger partial charge < -0.3 is 9.47 Å². The van der Waals surface area contributed by atoms with E-state index in [-0.39, 0.29) is 12.2 Å². The minimum atomic E-state index is -0.536. The fourth-order valence-electron chi connectivity index (χ4n) is 3.32. The Morgan fingerprint density at radius 3 is 2.65 bits per heavy atom. The van der Waals surface area contributed by atoms with Crippen molar-refractivity contribution in [3.63, 3.8) is 0 Å². The van der Waals surface area contributed by atoms with Crippen molar-refractivity contribution in [2.24, 2.45) is 0 Å². The second kappa shape index (κ2) is 8.83. The number of rotatable bonds is 6. The highest BCUT2D eigenvalue weighted by atomic mass is 16.5. The standard InChI is InChI=1S/C25H22N2O4/c1-17-7-5-9-19(13-17)15-30-22-11-4-3-10-21(22)25(29)31-16-20-14-23(28)27-12-6-8-18(2)24(27)26-20/h3-14H,15-16H2,1-2H3. The molecule has 0 saturated carbocycles. The molecule has 2 aromatic heterocycles. The Labute approximate surface area is 179 Å². The van der Waals surface area contributed by atoms with Crippen LogP contribution in [0.1, 0.15) is 32.7 Å². The molecule has 0 atom stereocenters. The molecule has 2 heterocycles. The minimum absolute atomic E-state index is 0.106. The Bertz CT molecular complexity index is 1310. The molecule has 6 nitrogen and oxygen atoms in total. The van der Waals surface area contributed by atoms with E-state index >= 15 is 0 Å². The van der Waals surface area contributed by atoms with Crippen molar-refractivity contribution in [2.75, 3.05) is 0 Å². The van der Waals surface area contributed by atoms with Crippen LogP contribution in [0.3, 0.4) is 0 Å². The normalized spacial score (nSPS) is 10.8. The lowest BCUT2D eigenvalue weighted by atomic mass is 10.1. The molecule has 31 heavy (non-hydrogen) atoms. The Kier molecular flexibility index (Phi) is 5.80. The van der Waals surface area contributed by atoms with Gasteiger partial charge in [0.15, 0.2) is 0 Å². The number of para-hydroxylation sites is 1. The lowest BCUT2D eigenvalue weighted by molar-refractivity contribution is 0.0462. The first-order valence-electron chi connectivity index (χ1n) is 9.93. The number of benzene rings is 2. The van der Waals surface area contributed by atoms with E-state index in [1.54, 1.807) is 36.5 Å². The Balaban J connectivity index is 1.49. The molecule has 0 saturated heterocycles. The topological polar surface area (TPSA) is 69.9 Å². The van der Waals surface area contributed by atoms with Gasteiger partial charge in [-0.1, -0.05) is 48.0 Å². The van der Waals surface area contributed by atoms with Gasteiger partial charge in [-0.2, -0.15) is 0 Å². The molecule has 0 spiro atoms. The van der Waals surface area contributed by atoms with Crippen LogP contribution in [0.25, 0.3) is 5.65 Å². The van der Waals surface area contributed by atoms with Crippen LogP contribution in [0.5, 0.6) is 5.75 Å². The zero-order valence-corrected chi connectivity index (χ0v) is 17.4. The average molecular weight is 414 g/mol. The molecule has 6 heteroatoms. The van der Waals surface area contributed by atoms with Crippen molar-refractivity contribution >= 4 is 11.6 Å². The molecule has 4 rings (SSSR count). The molecule has 0 amide bonds. The Morgan fingerprint density at radius 2 is 1.81 bits per heavy atom. The molecular formula is C25H22N2O4. The van der Waals surface area contributed by atoms with Gasteiger partial charge in [0.25, 0.3) is 5.56 Å². The van der Waals surface area contributed by atoms with Crippen LogP contribution >= 0.6 is 0 Å². The number of hydrogen-bond acceptors (Lipinski definition) is 5. The number of aromatic nitrogens is 2. The zero-order chi connectivity index (χ0) is 21.8. The van der Waals surface area contributed by atoms with E-state index in [2.05, 4.69) is 4.98 Å². The van der Waals surface area contributed by atoms with Gasteiger partial charge >= 0.3 is 5.97 Å². The van der Waals surface area contributed by atoms with Crippen LogP contribution in [0, 0.1) is 13.8 Å². The van der Waals surface area contributed by atoms with Gasteiger partial charge in [-0.15, -0.1) is 0 Å². The third kappa shape index (κ3) is 4.64. The number of carbonyl (C=O) groups is 1. The van der Waals surface area contributed by atoms with Gasteiger partial charge in [0.05, 0.1) is 5.69 Å². The summed E-state index contributed by atoms with van der Waals surface area (Å²) >= 11 is 0. The Hall–Kier alpha value is -3.93. The second-order valence-electron chi connectivity index (χ2n) is 7.32. The first-order chi connectivity index (χ1) is 15.0. The van der Waals surface area contributed by atoms with Gasteiger partial charge in [-0.05, 0) is 43.2 Å². The summed E-state index contributed by atoms with van der Waals surface area (Å²) in [7, 11) is 0. The number of aryl methyl sites for hydroxylation is 2. The summed E-state index contributed by atoms with van der Waals surface area (Å²) < 4.78 is 12.8. The number of esters is 1. The van der Waals surface area contributed by atoms with Crippen LogP contribution in [0.2, 0.25) is 0 Å². The summed E-state index contributed by atoms with van der Waals surface area (Å²) in [4.78, 5) is 29.5. The molecule has 4 aromatic rings. The number of hydrogen-bond donors (Lipinski definition) is 0. The summed E-state index contributed by atoms with van der Waals surface area (Å²) in [6.45, 7) is 4.13. The van der Waals surface area contributed by atoms with Crippen LogP contribution in [0.15, 0.2) is 77.7 Å². The predicted molar refractivity (Wildman–Crippen MR) is 117 cm³/mol. The molecule has 0 radical (unpaired) electrons. The summed E-state index contributed by atoms with van der Waals surface area (Å²) in [5, 5.41) is 0. The zero-order valence-electron chi connectivity index (χ0n) is 17.4. The molecular weight excluding hydrogens is 392 g/mol. The minimum Gasteiger partial charge on any atom is -0.488 e. The van der Waals surface area contributed by atoms with Crippen molar-refractivity contribution in [3.8, 4) is 5.75 Å². The van der Waals surface area contributed by atoms with E-state index in [9.17, 15) is 9.59 Å². The first kappa shape index (κ1) is 20.3. The van der Waals surface area contributed by atoms with Gasteiger partial charge in [-0.25, -0.2) is 9.78 Å². The predicted octanol–water partition coefficient (Wildman–Crippen LogP) is 4.25. The molecule has 0 fully saturated rings. The largest absolute Gasteiger partial charge is 0.488 e. The fraction of sp³-hybridized carbons (Fsp3) is 0.160. The van der Waals surface area contributed by atoms with Crippen LogP contribution in [-0.2, 0) is 18.0 Å². The monoisotopic (exact) mass is 414 g/mol. The van der Waals surface area contributed by atoms with Crippen LogP contribution in [0.4, 0.5) is 0 Å². The maximum Gasteiger partial charge on any atom is 0.342 e. The number of nitrogens with zero attached hydrogens (tertiary/aromatic N) is 2. The highest BCUT2D eigenvalue weighted by Crippen LogP contribution is 2.21. The lowest BCUT2D eigenvalue weighted by Crippen LogP contribution is -2.17. The third-order valence-corrected chi connectivity index (χ3v) is 4.87. The van der Waals surface area contributed by atoms with Crippen molar-refractivity contribution in [1.82, 2.24) is 9.38 Å². The maximum absolute atomic E-state index is 12.7. The van der Waals surface area contributed by atoms with E-state index in [0.717, 1.165) is 16.7 Å². The van der Waals surface area contributed by atoms with Crippen LogP contribution < -0.4 is 10.3 Å². The summed E-state index contributed by atoms with van der Waals surface area (Å²) in [5.74, 6) is -0.0944. The molecule has 0 N–H and O–H groups in total. The van der Waals surface area contributed by atoms with Crippen molar-refractivity contribution in [3.05, 3.63) is 111 Å². The van der Waals surface area contributed by atoms with Gasteiger partial charge in [0.1, 0.15) is 30.2 Å². The fourth-order valence-corrected chi connectivity index (χ4v) is 3.32. The number of carbonyl (C=O) groups excluding carboxylic acids is 1. The van der Waals surface area contributed by atoms with Gasteiger partial charge in [0, 0.05) is 12.3 Å². The van der Waals surface area contributed by atoms with Crippen molar-refractivity contribution in [2.45, 2.75) is 27.1 Å². The SMILES string of the molecule is Cc1cccc(COc2ccccc2C(=O)OCc2cc(=O)n3cccc(C)c3n2)c1. The molecule has 0 aliphatic carbocycles. The number of ether oxygens (including phenoxy) is 2. The molecule has 2 aromatic carbocycles. The third-order valence-electron chi connectivity index (χ3n) is 4.87. The van der Waals surface area contributed by atoms with E-state index < -0.39 is 5.97 Å². The molecule has 0 bridgehead atoms. The smallest absolute Gasteiger partial charge is 0.342 e. The molecule has 156 valence electrons. The quantitative estimate of drug-likeness (QED) is 0.441. The average Bonchev–Trinajstić information content (AvgIpc) is 2.77. The van der Waals surface area contributed by atoms with E-state index in [1.807, 2.05) is 44.2 Å². The number of pyridine rings is 1. The van der Waals surface area contributed by atoms with Gasteiger partial charge in [-0.3, -0.25) is 9.20 Å². The van der Waals surface area contributed by atoms with E-state index in [4.69, 9.17) is 9.47 Å². The molecule has 0 aliphatic rings. The maximum atomic E-state index is 12.7. The molecule has 0 unspecified atom stereocenters. The number of fused-ring (bicyclic) bond motifs is 1. The summed E-state index contributed by atoms with van der Waals surface area (Å²) in [6.07, 6.45) is 1.66. The highest BCUT2D eigenvalue weighted by Gasteiger charge is 2.15. The summed E-state index contributed by atoms with van der Waals surface area (Å²) in [5.41, 5.74) is 4.06. The lowest BCUT2D eigenvalue weighted by Gasteiger charge is -2.12. The highest BCUT2D eigenvalue weighted by molar-refractivity contribution is 5.92. The first-order valence-corrected chi connectivity index (χ1v) is 9.93. The molecule has 0 aliphatic heterocycles. The van der Waals surface area contributed by atoms with Crippen molar-refractivity contribution < 1.29 is 14.3 Å². The van der Waals surface area contributed by atoms with E-state index in [0.29, 0.717) is 29.3 Å².